The number of H-pyrrole nitrogens is 1. The summed E-state index contributed by atoms with van der Waals surface area (Å²) < 4.78 is 6.46. The molecule has 6 nitrogen and oxygen atoms in total. The molecule has 2 N–H and O–H groups in total. The van der Waals surface area contributed by atoms with Crippen LogP contribution in [-0.2, 0) is 4.74 Å². The van der Waals surface area contributed by atoms with Crippen molar-refractivity contribution in [2.24, 2.45) is 0 Å². The number of aromatic nitrogens is 2. The van der Waals surface area contributed by atoms with Crippen molar-refractivity contribution in [3.8, 4) is 0 Å². The third-order valence-electron chi connectivity index (χ3n) is 2.42. The number of hydrogen-bond donors (Lipinski definition) is 2. The molecule has 0 bridgehead atoms. The molecule has 1 aromatic rings. The molecular formula is C10H12N2O4. The van der Waals surface area contributed by atoms with Gasteiger partial charge in [-0.3, -0.25) is 14.3 Å². The molecule has 1 unspecified atom stereocenters. The highest BCUT2D eigenvalue weighted by Gasteiger charge is 2.28. The van der Waals surface area contributed by atoms with Crippen molar-refractivity contribution in [2.75, 3.05) is 0 Å². The predicted molar refractivity (Wildman–Crippen MR) is 55.9 cm³/mol. The molecule has 2 heterocycles. The molecule has 0 amide bonds. The average Bonchev–Trinajstić information content (AvgIpc) is 2.51. The summed E-state index contributed by atoms with van der Waals surface area (Å²) in [5.74, 6) is 0.549. The highest BCUT2D eigenvalue weighted by molar-refractivity contribution is 5.07. The fourth-order valence-electron chi connectivity index (χ4n) is 1.62. The lowest BCUT2D eigenvalue weighted by Gasteiger charge is -2.17. The quantitative estimate of drug-likeness (QED) is 0.682. The van der Waals surface area contributed by atoms with Gasteiger partial charge in [-0.15, -0.1) is 0 Å². The zero-order valence-corrected chi connectivity index (χ0v) is 8.93. The third-order valence-corrected chi connectivity index (χ3v) is 2.42. The monoisotopic (exact) mass is 224 g/mol. The van der Waals surface area contributed by atoms with E-state index in [9.17, 15) is 14.7 Å². The Morgan fingerprint density at radius 1 is 1.44 bits per heavy atom. The molecule has 0 aromatic carbocycles. The molecule has 0 fully saturated rings. The van der Waals surface area contributed by atoms with Crippen LogP contribution in [0.15, 0.2) is 27.6 Å². The minimum atomic E-state index is -0.886. The Labute approximate surface area is 90.8 Å². The number of aryl methyl sites for hydroxylation is 1. The van der Waals surface area contributed by atoms with E-state index in [0.717, 1.165) is 0 Å². The summed E-state index contributed by atoms with van der Waals surface area (Å²) in [6.45, 7) is 3.27. The van der Waals surface area contributed by atoms with E-state index in [4.69, 9.17) is 4.74 Å². The SMILES string of the molecule is CC1=CC(O)[C@H](n2cc(C)c(=O)[nH]c2=O)O1. The second-order valence-corrected chi connectivity index (χ2v) is 3.75. The Morgan fingerprint density at radius 3 is 2.69 bits per heavy atom. The predicted octanol–water partition coefficient (Wildman–Crippen LogP) is -0.361. The Bertz CT molecular complexity index is 555. The molecule has 2 rings (SSSR count). The van der Waals surface area contributed by atoms with E-state index in [0.29, 0.717) is 11.3 Å². The van der Waals surface area contributed by atoms with Gasteiger partial charge in [-0.1, -0.05) is 0 Å². The maximum absolute atomic E-state index is 11.5. The van der Waals surface area contributed by atoms with Gasteiger partial charge in [-0.25, -0.2) is 4.79 Å². The molecule has 0 saturated heterocycles. The van der Waals surface area contributed by atoms with Crippen molar-refractivity contribution in [1.29, 1.82) is 0 Å². The summed E-state index contributed by atoms with van der Waals surface area (Å²) in [7, 11) is 0. The van der Waals surface area contributed by atoms with E-state index in [1.165, 1.54) is 16.8 Å². The molecule has 1 aliphatic rings. The second kappa shape index (κ2) is 3.64. The summed E-state index contributed by atoms with van der Waals surface area (Å²) in [5, 5.41) is 9.64. The molecule has 16 heavy (non-hydrogen) atoms. The standard InChI is InChI=1S/C10H12N2O4/c1-5-4-12(10(15)11-8(5)14)9-7(13)3-6(2)16-9/h3-4,7,9,13H,1-2H3,(H,11,14,15)/t7?,9-/m1/s1. The zero-order chi connectivity index (χ0) is 11.9. The van der Waals surface area contributed by atoms with Gasteiger partial charge >= 0.3 is 5.69 Å². The lowest BCUT2D eigenvalue weighted by atomic mass is 10.3. The first kappa shape index (κ1) is 10.7. The molecule has 2 atom stereocenters. The van der Waals surface area contributed by atoms with Crippen LogP contribution in [0.4, 0.5) is 0 Å². The Hall–Kier alpha value is -1.82. The first-order valence-corrected chi connectivity index (χ1v) is 4.84. The van der Waals surface area contributed by atoms with Gasteiger partial charge in [0.15, 0.2) is 0 Å². The van der Waals surface area contributed by atoms with Crippen molar-refractivity contribution in [3.63, 3.8) is 0 Å². The van der Waals surface area contributed by atoms with Crippen LogP contribution in [0, 0.1) is 6.92 Å². The van der Waals surface area contributed by atoms with E-state index in [2.05, 4.69) is 4.98 Å². The number of rotatable bonds is 1. The molecule has 1 aromatic heterocycles. The van der Waals surface area contributed by atoms with E-state index < -0.39 is 23.6 Å². The summed E-state index contributed by atoms with van der Waals surface area (Å²) >= 11 is 0. The number of aliphatic hydroxyl groups excluding tert-OH is 1. The minimum absolute atomic E-state index is 0.389. The number of aromatic amines is 1. The maximum atomic E-state index is 11.5. The zero-order valence-electron chi connectivity index (χ0n) is 8.93. The third kappa shape index (κ3) is 1.67. The van der Waals surface area contributed by atoms with Gasteiger partial charge in [0.2, 0.25) is 6.23 Å². The van der Waals surface area contributed by atoms with Crippen molar-refractivity contribution < 1.29 is 9.84 Å². The van der Waals surface area contributed by atoms with Crippen LogP contribution in [-0.4, -0.2) is 20.8 Å². The number of aliphatic hydroxyl groups is 1. The van der Waals surface area contributed by atoms with Crippen LogP contribution in [0.5, 0.6) is 0 Å². The summed E-state index contributed by atoms with van der Waals surface area (Å²) in [6, 6.07) is 0. The Morgan fingerprint density at radius 2 is 2.12 bits per heavy atom. The molecule has 0 radical (unpaired) electrons. The topological polar surface area (TPSA) is 84.3 Å². The summed E-state index contributed by atoms with van der Waals surface area (Å²) in [5.41, 5.74) is -0.638. The van der Waals surface area contributed by atoms with Gasteiger partial charge in [0, 0.05) is 11.8 Å². The average molecular weight is 224 g/mol. The van der Waals surface area contributed by atoms with Gasteiger partial charge < -0.3 is 9.84 Å². The summed E-state index contributed by atoms with van der Waals surface area (Å²) in [6.07, 6.45) is 1.20. The number of nitrogens with zero attached hydrogens (tertiary/aromatic N) is 1. The molecular weight excluding hydrogens is 212 g/mol. The number of allylic oxidation sites excluding steroid dienone is 1. The van der Waals surface area contributed by atoms with Crippen LogP contribution in [0.25, 0.3) is 0 Å². The molecule has 1 aliphatic heterocycles. The van der Waals surface area contributed by atoms with Gasteiger partial charge in [0.25, 0.3) is 5.56 Å². The van der Waals surface area contributed by atoms with E-state index in [-0.39, 0.29) is 0 Å². The van der Waals surface area contributed by atoms with Crippen LogP contribution >= 0.6 is 0 Å². The van der Waals surface area contributed by atoms with Gasteiger partial charge in [0.1, 0.15) is 6.10 Å². The largest absolute Gasteiger partial charge is 0.472 e. The molecule has 86 valence electrons. The van der Waals surface area contributed by atoms with Gasteiger partial charge in [0.05, 0.1) is 5.76 Å². The van der Waals surface area contributed by atoms with Crippen LogP contribution in [0.3, 0.4) is 0 Å². The fraction of sp³-hybridized carbons (Fsp3) is 0.400. The lowest BCUT2D eigenvalue weighted by Crippen LogP contribution is -2.36. The van der Waals surface area contributed by atoms with Crippen LogP contribution in [0.2, 0.25) is 0 Å². The smallest absolute Gasteiger partial charge is 0.331 e. The first-order chi connectivity index (χ1) is 7.49. The van der Waals surface area contributed by atoms with Crippen molar-refractivity contribution >= 4 is 0 Å². The highest BCUT2D eigenvalue weighted by atomic mass is 16.5. The van der Waals surface area contributed by atoms with Crippen molar-refractivity contribution in [1.82, 2.24) is 9.55 Å². The van der Waals surface area contributed by atoms with Crippen molar-refractivity contribution in [3.05, 3.63) is 44.4 Å². The van der Waals surface area contributed by atoms with Crippen molar-refractivity contribution in [2.45, 2.75) is 26.2 Å². The fourth-order valence-corrected chi connectivity index (χ4v) is 1.62. The Kier molecular flexibility index (Phi) is 2.43. The highest BCUT2D eigenvalue weighted by Crippen LogP contribution is 2.24. The molecule has 6 heteroatoms. The normalized spacial score (nSPS) is 24.1. The van der Waals surface area contributed by atoms with Gasteiger partial charge in [-0.05, 0) is 19.9 Å². The van der Waals surface area contributed by atoms with E-state index in [1.807, 2.05) is 0 Å². The maximum Gasteiger partial charge on any atom is 0.331 e. The molecule has 0 saturated carbocycles. The minimum Gasteiger partial charge on any atom is -0.472 e. The summed E-state index contributed by atoms with van der Waals surface area (Å²) in [4.78, 5) is 24.8. The molecule has 0 aliphatic carbocycles. The van der Waals surface area contributed by atoms with Crippen LogP contribution in [0.1, 0.15) is 18.7 Å². The first-order valence-electron chi connectivity index (χ1n) is 4.84. The van der Waals surface area contributed by atoms with Gasteiger partial charge in [-0.2, -0.15) is 0 Å². The van der Waals surface area contributed by atoms with E-state index in [1.54, 1.807) is 13.8 Å². The second-order valence-electron chi connectivity index (χ2n) is 3.75. The lowest BCUT2D eigenvalue weighted by molar-refractivity contribution is -0.00227. The number of nitrogens with one attached hydrogen (secondary N) is 1. The number of hydrogen-bond acceptors (Lipinski definition) is 4. The Balaban J connectivity index is 2.47. The molecule has 0 spiro atoms. The number of ether oxygens (including phenoxy) is 1. The van der Waals surface area contributed by atoms with E-state index >= 15 is 0 Å². The van der Waals surface area contributed by atoms with Crippen LogP contribution < -0.4 is 11.2 Å².